The van der Waals surface area contributed by atoms with Crippen molar-refractivity contribution in [2.75, 3.05) is 13.2 Å². The quantitative estimate of drug-likeness (QED) is 0.229. The van der Waals surface area contributed by atoms with Gasteiger partial charge in [-0.05, 0) is 26.7 Å². The molecular formula is C14H28NO9P. The van der Waals surface area contributed by atoms with Gasteiger partial charge in [-0.15, -0.1) is 0 Å². The molecule has 0 saturated carbocycles. The van der Waals surface area contributed by atoms with Crippen molar-refractivity contribution in [3.05, 3.63) is 0 Å². The molecule has 0 amide bonds. The molecule has 0 aromatic heterocycles. The summed E-state index contributed by atoms with van der Waals surface area (Å²) in [5.74, 6) is 0. The van der Waals surface area contributed by atoms with Crippen LogP contribution in [0.2, 0.25) is 0 Å². The Morgan fingerprint density at radius 3 is 1.56 bits per heavy atom. The minimum atomic E-state index is -4.15. The Morgan fingerprint density at radius 2 is 1.24 bits per heavy atom. The van der Waals surface area contributed by atoms with Gasteiger partial charge in [0.25, 0.3) is 0 Å². The summed E-state index contributed by atoms with van der Waals surface area (Å²) >= 11 is 0. The van der Waals surface area contributed by atoms with Crippen LogP contribution in [-0.4, -0.2) is 38.1 Å². The molecule has 10 nitrogen and oxygen atoms in total. The third-order valence-electron chi connectivity index (χ3n) is 2.55. The highest BCUT2D eigenvalue weighted by molar-refractivity contribution is 7.51. The number of hydrogen-bond acceptors (Lipinski definition) is 9. The Morgan fingerprint density at radius 1 is 0.880 bits per heavy atom. The van der Waals surface area contributed by atoms with Crippen molar-refractivity contribution in [1.29, 1.82) is 0 Å². The van der Waals surface area contributed by atoms with Crippen molar-refractivity contribution >= 4 is 20.1 Å². The van der Waals surface area contributed by atoms with Gasteiger partial charge in [-0.3, -0.25) is 9.05 Å². The molecule has 0 aliphatic heterocycles. The van der Waals surface area contributed by atoms with Gasteiger partial charge in [0.1, 0.15) is 0 Å². The second-order valence-corrected chi connectivity index (χ2v) is 6.53. The number of nitrogens with two attached hydrogens (primary N) is 1. The van der Waals surface area contributed by atoms with Gasteiger partial charge in [-0.25, -0.2) is 19.7 Å². The van der Waals surface area contributed by atoms with E-state index in [9.17, 15) is 14.2 Å². The average Bonchev–Trinajstić information content (AvgIpc) is 2.45. The second-order valence-electron chi connectivity index (χ2n) is 5.03. The fourth-order valence-electron chi connectivity index (χ4n) is 1.42. The highest BCUT2D eigenvalue weighted by Crippen LogP contribution is 2.42. The first kappa shape index (κ1) is 23.6. The van der Waals surface area contributed by atoms with Gasteiger partial charge in [0.2, 0.25) is 12.6 Å². The lowest BCUT2D eigenvalue weighted by atomic mass is 10.4. The van der Waals surface area contributed by atoms with Crippen LogP contribution >= 0.6 is 7.75 Å². The minimum absolute atomic E-state index is 0.198. The summed E-state index contributed by atoms with van der Waals surface area (Å²) < 4.78 is 40.6. The van der Waals surface area contributed by atoms with Crippen molar-refractivity contribution in [1.82, 2.24) is 0 Å². The predicted octanol–water partition coefficient (Wildman–Crippen LogP) is 3.69. The van der Waals surface area contributed by atoms with Crippen molar-refractivity contribution in [2.24, 2.45) is 5.50 Å². The van der Waals surface area contributed by atoms with Gasteiger partial charge in [0.15, 0.2) is 0 Å². The molecule has 0 rings (SSSR count). The van der Waals surface area contributed by atoms with E-state index in [4.69, 9.17) is 33.5 Å². The molecule has 0 aliphatic carbocycles. The Labute approximate surface area is 147 Å². The molecule has 0 bridgehead atoms. The van der Waals surface area contributed by atoms with Gasteiger partial charge in [0, 0.05) is 0 Å². The molecule has 2 atom stereocenters. The van der Waals surface area contributed by atoms with Crippen LogP contribution in [0.1, 0.15) is 53.4 Å². The number of rotatable bonds is 12. The minimum Gasteiger partial charge on any atom is -0.434 e. The highest BCUT2D eigenvalue weighted by Gasteiger charge is 2.28. The molecule has 11 heteroatoms. The maximum Gasteiger partial charge on any atom is 0.510 e. The molecule has 0 spiro atoms. The van der Waals surface area contributed by atoms with Crippen LogP contribution in [0.15, 0.2) is 0 Å². The van der Waals surface area contributed by atoms with E-state index in [1.165, 1.54) is 13.8 Å². The van der Waals surface area contributed by atoms with E-state index >= 15 is 0 Å². The van der Waals surface area contributed by atoms with E-state index < -0.39 is 32.6 Å². The topological polar surface area (TPSA) is 133 Å². The molecule has 148 valence electrons. The number of carbonyl (C=O) groups is 2. The van der Waals surface area contributed by atoms with Crippen LogP contribution in [-0.2, 0) is 32.6 Å². The highest BCUT2D eigenvalue weighted by atomic mass is 31.2. The molecule has 0 aromatic rings. The van der Waals surface area contributed by atoms with E-state index in [1.54, 1.807) is 0 Å². The lowest BCUT2D eigenvalue weighted by Gasteiger charge is -2.21. The molecule has 0 aliphatic rings. The van der Waals surface area contributed by atoms with Gasteiger partial charge >= 0.3 is 20.1 Å². The van der Waals surface area contributed by atoms with Gasteiger partial charge < -0.3 is 18.9 Å². The van der Waals surface area contributed by atoms with Gasteiger partial charge in [-0.2, -0.15) is 0 Å². The van der Waals surface area contributed by atoms with Crippen LogP contribution in [0.4, 0.5) is 9.59 Å². The van der Waals surface area contributed by atoms with E-state index in [2.05, 4.69) is 0 Å². The van der Waals surface area contributed by atoms with Crippen LogP contribution in [0.3, 0.4) is 0 Å². The lowest BCUT2D eigenvalue weighted by molar-refractivity contribution is -0.0859. The van der Waals surface area contributed by atoms with Crippen LogP contribution in [0.5, 0.6) is 0 Å². The summed E-state index contributed by atoms with van der Waals surface area (Å²) in [4.78, 5) is 22.7. The molecule has 2 unspecified atom stereocenters. The zero-order valence-electron chi connectivity index (χ0n) is 15.1. The fourth-order valence-corrected chi connectivity index (χ4v) is 2.38. The number of hydrogen-bond donors (Lipinski definition) is 1. The number of unbranched alkanes of at least 4 members (excludes halogenated alkanes) is 2. The molecule has 0 saturated heterocycles. The lowest BCUT2D eigenvalue weighted by Crippen LogP contribution is -2.24. The van der Waals surface area contributed by atoms with E-state index in [-0.39, 0.29) is 13.2 Å². The number of carbonyl (C=O) groups excluding carboxylic acids is 2. The van der Waals surface area contributed by atoms with Crippen molar-refractivity contribution in [2.45, 2.75) is 66.0 Å². The standard InChI is InChI=1S/C14H28NO9P/c1-5-7-9-19-13(16)21-11(3)23-25(15,18)24-12(4)22-14(17)20-10-8-6-2/h11-12H,5-10H2,1-4H3,(H2,15,18). The first-order valence-electron chi connectivity index (χ1n) is 8.12. The molecular weight excluding hydrogens is 357 g/mol. The van der Waals surface area contributed by atoms with Crippen LogP contribution in [0, 0.1) is 0 Å². The Hall–Kier alpha value is -1.35. The van der Waals surface area contributed by atoms with Crippen molar-refractivity contribution < 1.29 is 42.1 Å². The molecule has 25 heavy (non-hydrogen) atoms. The largest absolute Gasteiger partial charge is 0.510 e. The SMILES string of the molecule is CCCCOC(=O)OC(C)OP(N)(=O)OC(C)OC(=O)OCCCC. The average molecular weight is 385 g/mol. The Bertz CT molecular complexity index is 410. The summed E-state index contributed by atoms with van der Waals surface area (Å²) in [5.41, 5.74) is 5.36. The zero-order chi connectivity index (χ0) is 19.3. The molecule has 0 radical (unpaired) electrons. The summed E-state index contributed by atoms with van der Waals surface area (Å²) in [7, 11) is -4.15. The summed E-state index contributed by atoms with van der Waals surface area (Å²) in [5, 5.41) is 0. The molecule has 0 heterocycles. The number of ether oxygens (including phenoxy) is 4. The normalized spacial score (nSPS) is 15.6. The zero-order valence-corrected chi connectivity index (χ0v) is 16.0. The third kappa shape index (κ3) is 13.6. The van der Waals surface area contributed by atoms with Crippen LogP contribution < -0.4 is 5.50 Å². The predicted molar refractivity (Wildman–Crippen MR) is 87.6 cm³/mol. The maximum absolute atomic E-state index is 12.0. The van der Waals surface area contributed by atoms with E-state index in [0.717, 1.165) is 12.8 Å². The second kappa shape index (κ2) is 12.9. The summed E-state index contributed by atoms with van der Waals surface area (Å²) in [6.45, 7) is 6.84. The summed E-state index contributed by atoms with van der Waals surface area (Å²) in [6.07, 6.45) is -1.46. The molecule has 2 N–H and O–H groups in total. The monoisotopic (exact) mass is 385 g/mol. The van der Waals surface area contributed by atoms with Crippen molar-refractivity contribution in [3.8, 4) is 0 Å². The van der Waals surface area contributed by atoms with Gasteiger partial charge in [-0.1, -0.05) is 26.7 Å². The molecule has 0 fully saturated rings. The Balaban J connectivity index is 4.17. The summed E-state index contributed by atoms with van der Waals surface area (Å²) in [6, 6.07) is 0. The molecule has 0 aromatic carbocycles. The van der Waals surface area contributed by atoms with Crippen molar-refractivity contribution in [3.63, 3.8) is 0 Å². The maximum atomic E-state index is 12.0. The third-order valence-corrected chi connectivity index (χ3v) is 3.73. The first-order valence-corrected chi connectivity index (χ1v) is 9.73. The smallest absolute Gasteiger partial charge is 0.434 e. The van der Waals surface area contributed by atoms with E-state index in [0.29, 0.717) is 12.8 Å². The first-order chi connectivity index (χ1) is 11.7. The van der Waals surface area contributed by atoms with E-state index in [1.807, 2.05) is 13.8 Å². The Kier molecular flexibility index (Phi) is 12.2. The van der Waals surface area contributed by atoms with Crippen LogP contribution in [0.25, 0.3) is 0 Å². The fraction of sp³-hybridized carbons (Fsp3) is 0.857. The van der Waals surface area contributed by atoms with Gasteiger partial charge in [0.05, 0.1) is 13.2 Å².